The Kier molecular flexibility index (Phi) is 3.19. The van der Waals surface area contributed by atoms with Crippen LogP contribution in [0, 0.1) is 29.6 Å². The minimum Gasteiger partial charge on any atom is -0.327 e. The molecule has 104 valence electrons. The third-order valence-corrected chi connectivity index (χ3v) is 6.94. The van der Waals surface area contributed by atoms with Gasteiger partial charge >= 0.3 is 0 Å². The van der Waals surface area contributed by atoms with Crippen molar-refractivity contribution in [3.63, 3.8) is 0 Å². The van der Waals surface area contributed by atoms with E-state index < -0.39 is 0 Å². The summed E-state index contributed by atoms with van der Waals surface area (Å²) in [7, 11) is 0. The fourth-order valence-corrected chi connectivity index (χ4v) is 6.34. The van der Waals surface area contributed by atoms with Crippen molar-refractivity contribution < 1.29 is 0 Å². The normalized spacial score (nSPS) is 41.6. The van der Waals surface area contributed by atoms with Gasteiger partial charge in [0, 0.05) is 10.9 Å². The zero-order chi connectivity index (χ0) is 12.8. The molecule has 1 atom stereocenters. The van der Waals surface area contributed by atoms with Gasteiger partial charge < -0.3 is 5.73 Å². The molecule has 0 aromatic carbocycles. The van der Waals surface area contributed by atoms with Gasteiger partial charge in [-0.25, -0.2) is 0 Å². The van der Waals surface area contributed by atoms with Crippen LogP contribution in [0.2, 0.25) is 0 Å². The SMILES string of the molecule is NC(Cc1cccs1)CC1C2CC3CC(C2)CC1C3. The number of hydrogen-bond acceptors (Lipinski definition) is 2. The minimum absolute atomic E-state index is 0.390. The summed E-state index contributed by atoms with van der Waals surface area (Å²) < 4.78 is 0. The van der Waals surface area contributed by atoms with Crippen LogP contribution >= 0.6 is 11.3 Å². The van der Waals surface area contributed by atoms with E-state index in [0.717, 1.165) is 36.0 Å². The second-order valence-corrected chi connectivity index (χ2v) is 8.41. The number of rotatable bonds is 4. The Bertz CT molecular complexity index is 396. The molecule has 5 rings (SSSR count). The van der Waals surface area contributed by atoms with Gasteiger partial charge in [-0.2, -0.15) is 0 Å². The Morgan fingerprint density at radius 2 is 1.79 bits per heavy atom. The summed E-state index contributed by atoms with van der Waals surface area (Å²) in [6.07, 6.45) is 10.1. The summed E-state index contributed by atoms with van der Waals surface area (Å²) in [5.74, 6) is 5.21. The van der Waals surface area contributed by atoms with Gasteiger partial charge in [0.25, 0.3) is 0 Å². The Balaban J connectivity index is 1.40. The minimum atomic E-state index is 0.390. The van der Waals surface area contributed by atoms with Crippen LogP contribution in [-0.4, -0.2) is 6.04 Å². The predicted molar refractivity (Wildman–Crippen MR) is 81.2 cm³/mol. The highest BCUT2D eigenvalue weighted by molar-refractivity contribution is 7.09. The number of nitrogens with two attached hydrogens (primary N) is 1. The Hall–Kier alpha value is -0.340. The van der Waals surface area contributed by atoms with Crippen molar-refractivity contribution in [2.45, 2.75) is 51.0 Å². The maximum Gasteiger partial charge on any atom is 0.00900 e. The highest BCUT2D eigenvalue weighted by Gasteiger charge is 2.48. The average molecular weight is 275 g/mol. The van der Waals surface area contributed by atoms with Crippen molar-refractivity contribution >= 4 is 11.3 Å². The molecule has 2 heteroatoms. The quantitative estimate of drug-likeness (QED) is 0.880. The van der Waals surface area contributed by atoms with Crippen LogP contribution in [0.4, 0.5) is 0 Å². The molecule has 2 N–H and O–H groups in total. The molecular formula is C17H25NS. The summed E-state index contributed by atoms with van der Waals surface area (Å²) >= 11 is 1.86. The Morgan fingerprint density at radius 3 is 2.37 bits per heavy atom. The maximum absolute atomic E-state index is 6.45. The third-order valence-electron chi connectivity index (χ3n) is 6.04. The van der Waals surface area contributed by atoms with Gasteiger partial charge in [-0.3, -0.25) is 0 Å². The third kappa shape index (κ3) is 2.38. The molecule has 19 heavy (non-hydrogen) atoms. The second kappa shape index (κ2) is 4.89. The summed E-state index contributed by atoms with van der Waals surface area (Å²) in [5.41, 5.74) is 6.45. The maximum atomic E-state index is 6.45. The fraction of sp³-hybridized carbons (Fsp3) is 0.765. The van der Waals surface area contributed by atoms with Crippen LogP contribution in [0.3, 0.4) is 0 Å². The Morgan fingerprint density at radius 1 is 1.11 bits per heavy atom. The first kappa shape index (κ1) is 12.4. The molecule has 0 saturated heterocycles. The average Bonchev–Trinajstić information content (AvgIpc) is 2.85. The van der Waals surface area contributed by atoms with E-state index in [1.807, 2.05) is 11.3 Å². The van der Waals surface area contributed by atoms with Crippen LogP contribution in [-0.2, 0) is 6.42 Å². The molecule has 1 aromatic rings. The molecule has 0 amide bonds. The second-order valence-electron chi connectivity index (χ2n) is 7.37. The van der Waals surface area contributed by atoms with E-state index in [0.29, 0.717) is 6.04 Å². The van der Waals surface area contributed by atoms with E-state index in [2.05, 4.69) is 17.5 Å². The van der Waals surface area contributed by atoms with E-state index in [1.165, 1.54) is 37.0 Å². The molecule has 1 unspecified atom stereocenters. The van der Waals surface area contributed by atoms with Crippen LogP contribution in [0.15, 0.2) is 17.5 Å². The number of thiophene rings is 1. The molecule has 1 heterocycles. The standard InChI is InChI=1S/C17H25NS/c18-15(9-16-2-1-3-19-16)10-17-13-5-11-4-12(7-13)8-14(17)6-11/h1-3,11-15,17H,4-10,18H2. The highest BCUT2D eigenvalue weighted by Crippen LogP contribution is 2.57. The summed E-state index contributed by atoms with van der Waals surface area (Å²) in [4.78, 5) is 1.47. The van der Waals surface area contributed by atoms with Crippen molar-refractivity contribution in [2.24, 2.45) is 35.3 Å². The largest absolute Gasteiger partial charge is 0.327 e. The topological polar surface area (TPSA) is 26.0 Å². The lowest BCUT2D eigenvalue weighted by Gasteiger charge is -2.55. The molecule has 0 spiro atoms. The van der Waals surface area contributed by atoms with Gasteiger partial charge in [-0.1, -0.05) is 6.07 Å². The Labute approximate surface area is 120 Å². The van der Waals surface area contributed by atoms with Crippen molar-refractivity contribution in [3.05, 3.63) is 22.4 Å². The van der Waals surface area contributed by atoms with Gasteiger partial charge in [-0.05, 0) is 86.0 Å². The smallest absolute Gasteiger partial charge is 0.00900 e. The van der Waals surface area contributed by atoms with Gasteiger partial charge in [0.15, 0.2) is 0 Å². The zero-order valence-electron chi connectivity index (χ0n) is 11.6. The fourth-order valence-electron chi connectivity index (χ4n) is 5.54. The molecule has 4 aliphatic rings. The van der Waals surface area contributed by atoms with Crippen molar-refractivity contribution in [1.82, 2.24) is 0 Å². The van der Waals surface area contributed by atoms with E-state index in [1.54, 1.807) is 6.42 Å². The van der Waals surface area contributed by atoms with Crippen LogP contribution < -0.4 is 5.73 Å². The predicted octanol–water partition coefficient (Wildman–Crippen LogP) is 4.08. The molecule has 4 aliphatic carbocycles. The highest BCUT2D eigenvalue weighted by atomic mass is 32.1. The van der Waals surface area contributed by atoms with Crippen molar-refractivity contribution in [1.29, 1.82) is 0 Å². The van der Waals surface area contributed by atoms with Crippen LogP contribution in [0.1, 0.15) is 43.4 Å². The molecule has 0 aliphatic heterocycles. The lowest BCUT2D eigenvalue weighted by atomic mass is 9.51. The van der Waals surface area contributed by atoms with Crippen LogP contribution in [0.5, 0.6) is 0 Å². The van der Waals surface area contributed by atoms with E-state index in [-0.39, 0.29) is 0 Å². The van der Waals surface area contributed by atoms with Gasteiger partial charge in [0.1, 0.15) is 0 Å². The van der Waals surface area contributed by atoms with Crippen molar-refractivity contribution in [3.8, 4) is 0 Å². The van der Waals surface area contributed by atoms with E-state index in [9.17, 15) is 0 Å². The first-order valence-electron chi connectivity index (χ1n) is 8.06. The van der Waals surface area contributed by atoms with Gasteiger partial charge in [-0.15, -0.1) is 11.3 Å². The molecule has 1 nitrogen and oxygen atoms in total. The van der Waals surface area contributed by atoms with Crippen LogP contribution in [0.25, 0.3) is 0 Å². The van der Waals surface area contributed by atoms with Gasteiger partial charge in [0.05, 0.1) is 0 Å². The summed E-state index contributed by atoms with van der Waals surface area (Å²) in [5, 5.41) is 2.17. The molecule has 0 radical (unpaired) electrons. The number of hydrogen-bond donors (Lipinski definition) is 1. The lowest BCUT2D eigenvalue weighted by Crippen LogP contribution is -2.47. The first-order chi connectivity index (χ1) is 9.28. The monoisotopic (exact) mass is 275 g/mol. The first-order valence-corrected chi connectivity index (χ1v) is 8.94. The molecule has 4 bridgehead atoms. The summed E-state index contributed by atoms with van der Waals surface area (Å²) in [6, 6.07) is 4.78. The van der Waals surface area contributed by atoms with E-state index in [4.69, 9.17) is 5.73 Å². The molecule has 1 aromatic heterocycles. The van der Waals surface area contributed by atoms with Gasteiger partial charge in [0.2, 0.25) is 0 Å². The molecular weight excluding hydrogens is 250 g/mol. The molecule has 4 fully saturated rings. The van der Waals surface area contributed by atoms with E-state index >= 15 is 0 Å². The molecule has 4 saturated carbocycles. The summed E-state index contributed by atoms with van der Waals surface area (Å²) in [6.45, 7) is 0. The van der Waals surface area contributed by atoms with Crippen molar-refractivity contribution in [2.75, 3.05) is 0 Å². The lowest BCUT2D eigenvalue weighted by molar-refractivity contribution is -0.0419. The zero-order valence-corrected chi connectivity index (χ0v) is 12.4.